The van der Waals surface area contributed by atoms with Gasteiger partial charge in [0.1, 0.15) is 11.9 Å². The first-order valence-electron chi connectivity index (χ1n) is 12.4. The number of nitrogens with zero attached hydrogens (tertiary/aromatic N) is 1. The van der Waals surface area contributed by atoms with Crippen LogP contribution in [0.2, 0.25) is 0 Å². The number of anilines is 1. The SMILES string of the molecule is CCCC(CCC)C(Nc1ccc(C(=O)N(C)CCC(=O)O)cc1)C1Oc2ccccc2C1C. The quantitative estimate of drug-likeness (QED) is 0.414. The summed E-state index contributed by atoms with van der Waals surface area (Å²) in [6.07, 6.45) is 4.45. The van der Waals surface area contributed by atoms with Gasteiger partial charge in [0.2, 0.25) is 0 Å². The maximum Gasteiger partial charge on any atom is 0.305 e. The molecule has 34 heavy (non-hydrogen) atoms. The summed E-state index contributed by atoms with van der Waals surface area (Å²) in [6.45, 7) is 6.89. The highest BCUT2D eigenvalue weighted by molar-refractivity contribution is 5.94. The van der Waals surface area contributed by atoms with Gasteiger partial charge in [-0.2, -0.15) is 0 Å². The summed E-state index contributed by atoms with van der Waals surface area (Å²) in [6, 6.07) is 15.9. The molecular weight excluding hydrogens is 428 g/mol. The Labute approximate surface area is 203 Å². The molecule has 6 heteroatoms. The van der Waals surface area contributed by atoms with Crippen LogP contribution in [-0.2, 0) is 4.79 Å². The third-order valence-corrected chi connectivity index (χ3v) is 6.82. The third kappa shape index (κ3) is 6.10. The lowest BCUT2D eigenvalue weighted by atomic mass is 9.82. The van der Waals surface area contributed by atoms with E-state index in [2.05, 4.69) is 44.3 Å². The van der Waals surface area contributed by atoms with E-state index in [4.69, 9.17) is 9.84 Å². The normalized spacial score (nSPS) is 17.7. The smallest absolute Gasteiger partial charge is 0.305 e. The van der Waals surface area contributed by atoms with Crippen LogP contribution >= 0.6 is 0 Å². The van der Waals surface area contributed by atoms with Gasteiger partial charge in [0.15, 0.2) is 0 Å². The molecule has 0 saturated heterocycles. The van der Waals surface area contributed by atoms with Gasteiger partial charge in [-0.25, -0.2) is 0 Å². The maximum absolute atomic E-state index is 12.6. The Bertz CT molecular complexity index is 953. The fourth-order valence-electron chi connectivity index (χ4n) is 4.97. The first-order chi connectivity index (χ1) is 16.3. The Balaban J connectivity index is 1.79. The topological polar surface area (TPSA) is 78.9 Å². The third-order valence-electron chi connectivity index (χ3n) is 6.82. The summed E-state index contributed by atoms with van der Waals surface area (Å²) >= 11 is 0. The number of benzene rings is 2. The number of aliphatic carboxylic acids is 1. The number of hydrogen-bond acceptors (Lipinski definition) is 4. The standard InChI is InChI=1S/C28H38N2O4/c1-5-9-20(10-6-2)26(27-19(3)23-11-7-8-12-24(23)34-27)29-22-15-13-21(14-16-22)28(33)30(4)18-17-25(31)32/h7-8,11-16,19-20,26-27,29H,5-6,9-10,17-18H2,1-4H3,(H,31,32). The molecule has 3 rings (SSSR count). The van der Waals surface area contributed by atoms with E-state index in [1.165, 1.54) is 10.5 Å². The molecule has 6 nitrogen and oxygen atoms in total. The Morgan fingerprint density at radius 1 is 1.06 bits per heavy atom. The second kappa shape index (κ2) is 11.9. The van der Waals surface area contributed by atoms with E-state index in [-0.39, 0.29) is 36.9 Å². The molecule has 1 amide bonds. The number of carboxylic acids is 1. The summed E-state index contributed by atoms with van der Waals surface area (Å²) in [5, 5.41) is 12.6. The van der Waals surface area contributed by atoms with Crippen molar-refractivity contribution in [2.75, 3.05) is 18.9 Å². The van der Waals surface area contributed by atoms with E-state index in [1.807, 2.05) is 18.2 Å². The molecule has 1 aliphatic rings. The molecule has 2 aromatic carbocycles. The van der Waals surface area contributed by atoms with Crippen LogP contribution in [0.25, 0.3) is 0 Å². The lowest BCUT2D eigenvalue weighted by Gasteiger charge is -2.35. The predicted molar refractivity (Wildman–Crippen MR) is 136 cm³/mol. The first-order valence-corrected chi connectivity index (χ1v) is 12.4. The van der Waals surface area contributed by atoms with E-state index in [0.29, 0.717) is 11.5 Å². The molecule has 0 aromatic heterocycles. The van der Waals surface area contributed by atoms with Gasteiger partial charge >= 0.3 is 5.97 Å². The Morgan fingerprint density at radius 3 is 2.29 bits per heavy atom. The average Bonchev–Trinajstić information content (AvgIpc) is 3.17. The van der Waals surface area contributed by atoms with Crippen molar-refractivity contribution in [1.29, 1.82) is 0 Å². The predicted octanol–water partition coefficient (Wildman–Crippen LogP) is 5.79. The maximum atomic E-state index is 12.6. The summed E-state index contributed by atoms with van der Waals surface area (Å²) in [4.78, 5) is 24.9. The summed E-state index contributed by atoms with van der Waals surface area (Å²) in [7, 11) is 1.63. The monoisotopic (exact) mass is 466 g/mol. The van der Waals surface area contributed by atoms with E-state index in [1.54, 1.807) is 19.2 Å². The van der Waals surface area contributed by atoms with E-state index in [9.17, 15) is 9.59 Å². The first kappa shape index (κ1) is 25.6. The number of amides is 1. The fraction of sp³-hybridized carbons (Fsp3) is 0.500. The molecule has 0 aliphatic carbocycles. The number of hydrogen-bond donors (Lipinski definition) is 2. The van der Waals surface area contributed by atoms with Crippen molar-refractivity contribution < 1.29 is 19.4 Å². The Hall–Kier alpha value is -3.02. The van der Waals surface area contributed by atoms with Gasteiger partial charge in [0.05, 0.1) is 12.5 Å². The van der Waals surface area contributed by atoms with Crippen molar-refractivity contribution in [3.05, 3.63) is 59.7 Å². The number of carbonyl (C=O) groups excluding carboxylic acids is 1. The molecule has 0 radical (unpaired) electrons. The van der Waals surface area contributed by atoms with Crippen molar-refractivity contribution in [2.45, 2.75) is 70.9 Å². The van der Waals surface area contributed by atoms with Crippen LogP contribution in [0.4, 0.5) is 5.69 Å². The minimum absolute atomic E-state index is 0.0314. The fourth-order valence-corrected chi connectivity index (χ4v) is 4.97. The van der Waals surface area contributed by atoms with Crippen molar-refractivity contribution in [2.24, 2.45) is 5.92 Å². The highest BCUT2D eigenvalue weighted by Crippen LogP contribution is 2.42. The zero-order valence-corrected chi connectivity index (χ0v) is 20.8. The molecular formula is C28H38N2O4. The van der Waals surface area contributed by atoms with Crippen LogP contribution in [0.3, 0.4) is 0 Å². The van der Waals surface area contributed by atoms with Gasteiger partial charge in [0.25, 0.3) is 5.91 Å². The zero-order chi connectivity index (χ0) is 24.7. The van der Waals surface area contributed by atoms with E-state index in [0.717, 1.165) is 37.1 Å². The van der Waals surface area contributed by atoms with Gasteiger partial charge in [0, 0.05) is 36.3 Å². The van der Waals surface area contributed by atoms with Gasteiger partial charge in [-0.3, -0.25) is 9.59 Å². The van der Waals surface area contributed by atoms with Crippen LogP contribution in [0, 0.1) is 5.92 Å². The van der Waals surface area contributed by atoms with Crippen molar-refractivity contribution in [1.82, 2.24) is 4.90 Å². The summed E-state index contributed by atoms with van der Waals surface area (Å²) in [5.41, 5.74) is 2.77. The molecule has 2 aromatic rings. The molecule has 0 spiro atoms. The molecule has 0 bridgehead atoms. The molecule has 1 aliphatic heterocycles. The lowest BCUT2D eigenvalue weighted by molar-refractivity contribution is -0.137. The molecule has 1 heterocycles. The second-order valence-corrected chi connectivity index (χ2v) is 9.36. The number of nitrogens with one attached hydrogen (secondary N) is 1. The van der Waals surface area contributed by atoms with Crippen LogP contribution in [0.15, 0.2) is 48.5 Å². The zero-order valence-electron chi connectivity index (χ0n) is 20.8. The van der Waals surface area contributed by atoms with Crippen molar-refractivity contribution in [3.63, 3.8) is 0 Å². The van der Waals surface area contributed by atoms with Crippen molar-refractivity contribution in [3.8, 4) is 5.75 Å². The van der Waals surface area contributed by atoms with Crippen LogP contribution < -0.4 is 10.1 Å². The van der Waals surface area contributed by atoms with Gasteiger partial charge in [-0.1, -0.05) is 51.8 Å². The largest absolute Gasteiger partial charge is 0.487 e. The lowest BCUT2D eigenvalue weighted by Crippen LogP contribution is -2.44. The average molecular weight is 467 g/mol. The summed E-state index contributed by atoms with van der Waals surface area (Å²) < 4.78 is 6.50. The Kier molecular flexibility index (Phi) is 8.97. The molecule has 184 valence electrons. The van der Waals surface area contributed by atoms with Crippen LogP contribution in [-0.4, -0.2) is 47.6 Å². The number of rotatable bonds is 12. The van der Waals surface area contributed by atoms with E-state index >= 15 is 0 Å². The number of ether oxygens (including phenoxy) is 1. The molecule has 0 fully saturated rings. The number of carbonyl (C=O) groups is 2. The van der Waals surface area contributed by atoms with Gasteiger partial charge in [-0.05, 0) is 49.1 Å². The second-order valence-electron chi connectivity index (χ2n) is 9.36. The number of fused-ring (bicyclic) bond motifs is 1. The highest BCUT2D eigenvalue weighted by atomic mass is 16.5. The van der Waals surface area contributed by atoms with E-state index < -0.39 is 5.97 Å². The van der Waals surface area contributed by atoms with Crippen LogP contribution in [0.5, 0.6) is 5.75 Å². The molecule has 3 atom stereocenters. The Morgan fingerprint density at radius 2 is 1.71 bits per heavy atom. The molecule has 2 N–H and O–H groups in total. The molecule has 0 saturated carbocycles. The van der Waals surface area contributed by atoms with Gasteiger partial charge < -0.3 is 20.1 Å². The number of para-hydroxylation sites is 1. The minimum Gasteiger partial charge on any atom is -0.487 e. The van der Waals surface area contributed by atoms with Gasteiger partial charge in [-0.15, -0.1) is 0 Å². The highest BCUT2D eigenvalue weighted by Gasteiger charge is 2.40. The minimum atomic E-state index is -0.913. The summed E-state index contributed by atoms with van der Waals surface area (Å²) in [5.74, 6) is 0.643. The van der Waals surface area contributed by atoms with Crippen LogP contribution in [0.1, 0.15) is 74.7 Å². The number of carboxylic acid groups (broad SMARTS) is 1. The van der Waals surface area contributed by atoms with Crippen molar-refractivity contribution >= 4 is 17.6 Å². The molecule has 3 unspecified atom stereocenters.